The molecule has 3 N–H and O–H groups in total. The number of hydrogen-bond donors (Lipinski definition) is 2. The Balaban J connectivity index is 1.68. The second-order valence-corrected chi connectivity index (χ2v) is 9.93. The SMILES string of the molecule is CCC(C)(C)NCCn1c(Sc2nc3cccc(Cl)c3s2)nc2c(N)ncnc21. The Kier molecular flexibility index (Phi) is 5.65. The van der Waals surface area contributed by atoms with Crippen LogP contribution in [0.3, 0.4) is 0 Å². The van der Waals surface area contributed by atoms with Crippen molar-refractivity contribution in [1.82, 2.24) is 29.8 Å². The van der Waals surface area contributed by atoms with Gasteiger partial charge in [0.1, 0.15) is 6.33 Å². The maximum atomic E-state index is 6.31. The fourth-order valence-corrected chi connectivity index (χ4v) is 5.21. The summed E-state index contributed by atoms with van der Waals surface area (Å²) in [5.41, 5.74) is 8.35. The van der Waals surface area contributed by atoms with E-state index in [1.165, 1.54) is 18.1 Å². The average Bonchev–Trinajstić information content (AvgIpc) is 3.25. The number of rotatable bonds is 7. The van der Waals surface area contributed by atoms with Crippen LogP contribution in [0.1, 0.15) is 27.2 Å². The number of benzene rings is 1. The second-order valence-electron chi connectivity index (χ2n) is 7.31. The normalized spacial score (nSPS) is 12.3. The average molecular weight is 448 g/mol. The standard InChI is InChI=1S/C19H22ClN7S2/c1-4-19(2,3)24-8-9-27-16-13(15(21)22-10-23-16)26-17(27)29-18-25-12-7-5-6-11(20)14(12)28-18/h5-7,10,24H,4,8-9H2,1-3H3,(H2,21,22,23). The molecule has 152 valence electrons. The number of nitrogens with zero attached hydrogens (tertiary/aromatic N) is 5. The molecule has 29 heavy (non-hydrogen) atoms. The van der Waals surface area contributed by atoms with Crippen molar-refractivity contribution in [3.8, 4) is 0 Å². The number of imidazole rings is 1. The summed E-state index contributed by atoms with van der Waals surface area (Å²) in [4.78, 5) is 17.9. The zero-order valence-electron chi connectivity index (χ0n) is 16.4. The maximum absolute atomic E-state index is 6.31. The molecule has 4 rings (SSSR count). The molecule has 0 aliphatic heterocycles. The molecule has 7 nitrogen and oxygen atoms in total. The van der Waals surface area contributed by atoms with Gasteiger partial charge in [-0.15, -0.1) is 11.3 Å². The van der Waals surface area contributed by atoms with Gasteiger partial charge in [0.15, 0.2) is 26.5 Å². The van der Waals surface area contributed by atoms with Crippen molar-refractivity contribution in [3.05, 3.63) is 29.5 Å². The van der Waals surface area contributed by atoms with Crippen molar-refractivity contribution < 1.29 is 0 Å². The van der Waals surface area contributed by atoms with Crippen LogP contribution in [0.5, 0.6) is 0 Å². The number of nitrogens with two attached hydrogens (primary N) is 1. The molecular formula is C19H22ClN7S2. The molecule has 0 saturated carbocycles. The molecule has 0 atom stereocenters. The number of nitrogens with one attached hydrogen (secondary N) is 1. The Bertz CT molecular complexity index is 1170. The van der Waals surface area contributed by atoms with Crippen LogP contribution < -0.4 is 11.1 Å². The number of fused-ring (bicyclic) bond motifs is 2. The van der Waals surface area contributed by atoms with Crippen LogP contribution >= 0.6 is 34.7 Å². The van der Waals surface area contributed by atoms with Crippen LogP contribution in [0.15, 0.2) is 34.0 Å². The zero-order valence-corrected chi connectivity index (χ0v) is 18.8. The summed E-state index contributed by atoms with van der Waals surface area (Å²) in [7, 11) is 0. The highest BCUT2D eigenvalue weighted by Gasteiger charge is 2.19. The first-order chi connectivity index (χ1) is 13.9. The largest absolute Gasteiger partial charge is 0.382 e. The van der Waals surface area contributed by atoms with Gasteiger partial charge in [-0.25, -0.2) is 19.9 Å². The second kappa shape index (κ2) is 8.06. The Morgan fingerprint density at radius 1 is 1.28 bits per heavy atom. The summed E-state index contributed by atoms with van der Waals surface area (Å²) in [5, 5.41) is 5.08. The van der Waals surface area contributed by atoms with Crippen LogP contribution in [0, 0.1) is 0 Å². The van der Waals surface area contributed by atoms with Crippen molar-refractivity contribution in [2.24, 2.45) is 0 Å². The highest BCUT2D eigenvalue weighted by atomic mass is 35.5. The van der Waals surface area contributed by atoms with E-state index in [1.54, 1.807) is 11.3 Å². The van der Waals surface area contributed by atoms with Crippen molar-refractivity contribution in [3.63, 3.8) is 0 Å². The first-order valence-electron chi connectivity index (χ1n) is 9.32. The number of halogens is 1. The first kappa shape index (κ1) is 20.3. The van der Waals surface area contributed by atoms with Gasteiger partial charge >= 0.3 is 0 Å². The number of nitrogen functional groups attached to an aromatic ring is 1. The smallest absolute Gasteiger partial charge is 0.177 e. The highest BCUT2D eigenvalue weighted by Crippen LogP contribution is 2.38. The highest BCUT2D eigenvalue weighted by molar-refractivity contribution is 8.01. The molecule has 0 unspecified atom stereocenters. The van der Waals surface area contributed by atoms with Gasteiger partial charge < -0.3 is 15.6 Å². The Morgan fingerprint density at radius 2 is 2.10 bits per heavy atom. The van der Waals surface area contributed by atoms with Crippen molar-refractivity contribution >= 4 is 61.9 Å². The molecule has 0 aliphatic carbocycles. The number of hydrogen-bond acceptors (Lipinski definition) is 8. The van der Waals surface area contributed by atoms with E-state index in [4.69, 9.17) is 27.3 Å². The van der Waals surface area contributed by atoms with Gasteiger partial charge in [0.05, 0.1) is 15.2 Å². The molecule has 0 bridgehead atoms. The van der Waals surface area contributed by atoms with Crippen LogP contribution in [-0.2, 0) is 6.54 Å². The summed E-state index contributed by atoms with van der Waals surface area (Å²) in [6.07, 6.45) is 2.52. The Hall–Kier alpha value is -1.94. The van der Waals surface area contributed by atoms with E-state index in [-0.39, 0.29) is 5.54 Å². The Labute approximate surface area is 182 Å². The lowest BCUT2D eigenvalue weighted by molar-refractivity contribution is 0.366. The topological polar surface area (TPSA) is 94.5 Å². The van der Waals surface area contributed by atoms with Gasteiger partial charge in [0.2, 0.25) is 0 Å². The first-order valence-corrected chi connectivity index (χ1v) is 11.3. The van der Waals surface area contributed by atoms with Crippen LogP contribution in [-0.4, -0.2) is 36.6 Å². The van der Waals surface area contributed by atoms with Gasteiger partial charge in [0.25, 0.3) is 0 Å². The van der Waals surface area contributed by atoms with E-state index in [0.29, 0.717) is 22.9 Å². The molecule has 3 aromatic heterocycles. The minimum Gasteiger partial charge on any atom is -0.382 e. The summed E-state index contributed by atoms with van der Waals surface area (Å²) in [6.45, 7) is 8.06. The van der Waals surface area contributed by atoms with Crippen molar-refractivity contribution in [2.45, 2.75) is 48.8 Å². The fourth-order valence-electron chi connectivity index (χ4n) is 2.86. The maximum Gasteiger partial charge on any atom is 0.177 e. The lowest BCUT2D eigenvalue weighted by atomic mass is 10.0. The van der Waals surface area contributed by atoms with Gasteiger partial charge in [-0.05, 0) is 44.2 Å². The summed E-state index contributed by atoms with van der Waals surface area (Å²) in [6, 6.07) is 5.75. The van der Waals surface area contributed by atoms with Crippen LogP contribution in [0.25, 0.3) is 21.4 Å². The van der Waals surface area contributed by atoms with E-state index in [2.05, 4.69) is 40.6 Å². The van der Waals surface area contributed by atoms with Gasteiger partial charge in [0, 0.05) is 18.6 Å². The molecule has 4 aromatic rings. The van der Waals surface area contributed by atoms with Crippen molar-refractivity contribution in [2.75, 3.05) is 12.3 Å². The molecule has 0 aliphatic rings. The van der Waals surface area contributed by atoms with Crippen LogP contribution in [0.2, 0.25) is 5.02 Å². The number of anilines is 1. The molecule has 0 amide bonds. The molecule has 0 fully saturated rings. The number of aromatic nitrogens is 5. The lowest BCUT2D eigenvalue weighted by Gasteiger charge is -2.24. The molecule has 3 heterocycles. The molecule has 1 aromatic carbocycles. The zero-order chi connectivity index (χ0) is 20.6. The molecule has 0 saturated heterocycles. The van der Waals surface area contributed by atoms with E-state index in [0.717, 1.165) is 38.3 Å². The monoisotopic (exact) mass is 447 g/mol. The van der Waals surface area contributed by atoms with E-state index < -0.39 is 0 Å². The summed E-state index contributed by atoms with van der Waals surface area (Å²) < 4.78 is 3.92. The quantitative estimate of drug-likeness (QED) is 0.427. The van der Waals surface area contributed by atoms with Crippen molar-refractivity contribution in [1.29, 1.82) is 0 Å². The predicted octanol–water partition coefficient (Wildman–Crippen LogP) is 4.60. The molecular weight excluding hydrogens is 426 g/mol. The van der Waals surface area contributed by atoms with E-state index in [1.807, 2.05) is 18.2 Å². The molecule has 0 radical (unpaired) electrons. The van der Waals surface area contributed by atoms with E-state index in [9.17, 15) is 0 Å². The molecule has 10 heteroatoms. The van der Waals surface area contributed by atoms with Gasteiger partial charge in [-0.3, -0.25) is 0 Å². The minimum absolute atomic E-state index is 0.0709. The third-order valence-corrected chi connectivity index (χ3v) is 7.46. The van der Waals surface area contributed by atoms with Crippen LogP contribution in [0.4, 0.5) is 5.82 Å². The lowest BCUT2D eigenvalue weighted by Crippen LogP contribution is -2.40. The fraction of sp³-hybridized carbons (Fsp3) is 0.368. The third kappa shape index (κ3) is 4.18. The number of thiazole rings is 1. The van der Waals surface area contributed by atoms with Gasteiger partial charge in [-0.1, -0.05) is 24.6 Å². The predicted molar refractivity (Wildman–Crippen MR) is 121 cm³/mol. The summed E-state index contributed by atoms with van der Waals surface area (Å²) >= 11 is 9.37. The Morgan fingerprint density at radius 3 is 2.86 bits per heavy atom. The third-order valence-electron chi connectivity index (χ3n) is 4.87. The molecule has 0 spiro atoms. The minimum atomic E-state index is 0.0709. The summed E-state index contributed by atoms with van der Waals surface area (Å²) in [5.74, 6) is 0.379. The van der Waals surface area contributed by atoms with E-state index >= 15 is 0 Å². The van der Waals surface area contributed by atoms with Gasteiger partial charge in [-0.2, -0.15) is 0 Å².